The molecule has 1 N–H and O–H groups in total. The summed E-state index contributed by atoms with van der Waals surface area (Å²) < 4.78 is 1.93. The van der Waals surface area contributed by atoms with Gasteiger partial charge in [-0.15, -0.1) is 0 Å². The van der Waals surface area contributed by atoms with E-state index in [-0.39, 0.29) is 6.04 Å². The fraction of sp³-hybridized carbons (Fsp3) is 0.438. The molecular formula is C16H23N3. The van der Waals surface area contributed by atoms with Crippen molar-refractivity contribution in [3.05, 3.63) is 52.8 Å². The molecular weight excluding hydrogens is 234 g/mol. The molecule has 19 heavy (non-hydrogen) atoms. The van der Waals surface area contributed by atoms with E-state index in [0.29, 0.717) is 0 Å². The van der Waals surface area contributed by atoms with Crippen molar-refractivity contribution >= 4 is 0 Å². The van der Waals surface area contributed by atoms with Crippen molar-refractivity contribution in [2.75, 3.05) is 7.05 Å². The molecule has 0 aliphatic rings. The molecule has 1 aromatic carbocycles. The third kappa shape index (κ3) is 2.87. The van der Waals surface area contributed by atoms with Crippen LogP contribution in [0.4, 0.5) is 0 Å². The Morgan fingerprint density at radius 1 is 1.37 bits per heavy atom. The SMILES string of the molecule is CCCc1cccc(C(NC)c2cnn(C)c2C)c1. The van der Waals surface area contributed by atoms with Gasteiger partial charge in [0.25, 0.3) is 0 Å². The molecule has 0 saturated carbocycles. The number of aromatic nitrogens is 2. The summed E-state index contributed by atoms with van der Waals surface area (Å²) in [5, 5.41) is 7.75. The first kappa shape index (κ1) is 13.8. The van der Waals surface area contributed by atoms with Crippen molar-refractivity contribution in [3.63, 3.8) is 0 Å². The lowest BCUT2D eigenvalue weighted by atomic mass is 9.97. The molecule has 102 valence electrons. The lowest BCUT2D eigenvalue weighted by molar-refractivity contribution is 0.678. The van der Waals surface area contributed by atoms with E-state index in [9.17, 15) is 0 Å². The summed E-state index contributed by atoms with van der Waals surface area (Å²) in [6.07, 6.45) is 4.28. The first-order valence-electron chi connectivity index (χ1n) is 6.92. The summed E-state index contributed by atoms with van der Waals surface area (Å²) in [6.45, 7) is 4.33. The quantitative estimate of drug-likeness (QED) is 0.892. The van der Waals surface area contributed by atoms with Gasteiger partial charge in [-0.2, -0.15) is 5.10 Å². The van der Waals surface area contributed by atoms with E-state index >= 15 is 0 Å². The van der Waals surface area contributed by atoms with Crippen LogP contribution in [0.3, 0.4) is 0 Å². The lowest BCUT2D eigenvalue weighted by Crippen LogP contribution is -2.18. The van der Waals surface area contributed by atoms with Crippen LogP contribution in [0.2, 0.25) is 0 Å². The van der Waals surface area contributed by atoms with Gasteiger partial charge in [0.2, 0.25) is 0 Å². The van der Waals surface area contributed by atoms with Gasteiger partial charge < -0.3 is 5.32 Å². The van der Waals surface area contributed by atoms with Gasteiger partial charge in [0, 0.05) is 18.3 Å². The number of rotatable bonds is 5. The Hall–Kier alpha value is -1.61. The Morgan fingerprint density at radius 3 is 2.74 bits per heavy atom. The van der Waals surface area contributed by atoms with Crippen LogP contribution in [0.25, 0.3) is 0 Å². The fourth-order valence-corrected chi connectivity index (χ4v) is 2.52. The molecule has 0 aliphatic carbocycles. The molecule has 0 amide bonds. The van der Waals surface area contributed by atoms with Crippen molar-refractivity contribution in [3.8, 4) is 0 Å². The predicted molar refractivity (Wildman–Crippen MR) is 79.3 cm³/mol. The van der Waals surface area contributed by atoms with Crippen LogP contribution in [0, 0.1) is 6.92 Å². The van der Waals surface area contributed by atoms with Crippen LogP contribution in [0.1, 0.15) is 41.8 Å². The topological polar surface area (TPSA) is 29.9 Å². The van der Waals surface area contributed by atoms with Gasteiger partial charge in [-0.1, -0.05) is 37.6 Å². The average Bonchev–Trinajstić information content (AvgIpc) is 2.73. The van der Waals surface area contributed by atoms with Gasteiger partial charge in [-0.05, 0) is 31.5 Å². The van der Waals surface area contributed by atoms with E-state index in [1.807, 2.05) is 25.0 Å². The van der Waals surface area contributed by atoms with Gasteiger partial charge >= 0.3 is 0 Å². The number of hydrogen-bond acceptors (Lipinski definition) is 2. The molecule has 2 aromatic rings. The maximum absolute atomic E-state index is 4.35. The molecule has 0 aliphatic heterocycles. The summed E-state index contributed by atoms with van der Waals surface area (Å²) >= 11 is 0. The molecule has 0 bridgehead atoms. The van der Waals surface area contributed by atoms with Gasteiger partial charge in [0.05, 0.1) is 12.2 Å². The van der Waals surface area contributed by atoms with Gasteiger partial charge in [0.15, 0.2) is 0 Å². The molecule has 0 radical (unpaired) electrons. The molecule has 1 aromatic heterocycles. The molecule has 1 unspecified atom stereocenters. The van der Waals surface area contributed by atoms with Gasteiger partial charge in [0.1, 0.15) is 0 Å². The van der Waals surface area contributed by atoms with Crippen LogP contribution < -0.4 is 5.32 Å². The standard InChI is InChI=1S/C16H23N3/c1-5-7-13-8-6-9-14(10-13)16(17-3)15-11-18-19(4)12(15)2/h6,8-11,16-17H,5,7H2,1-4H3. The van der Waals surface area contributed by atoms with Crippen LogP contribution in [-0.2, 0) is 13.5 Å². The molecule has 0 spiro atoms. The molecule has 0 fully saturated rings. The minimum Gasteiger partial charge on any atom is -0.309 e. The van der Waals surface area contributed by atoms with E-state index < -0.39 is 0 Å². The highest BCUT2D eigenvalue weighted by Gasteiger charge is 2.17. The molecule has 2 rings (SSSR count). The average molecular weight is 257 g/mol. The minimum absolute atomic E-state index is 0.213. The van der Waals surface area contributed by atoms with Crippen molar-refractivity contribution in [1.29, 1.82) is 0 Å². The molecule has 3 nitrogen and oxygen atoms in total. The largest absolute Gasteiger partial charge is 0.309 e. The van der Waals surface area contributed by atoms with E-state index in [4.69, 9.17) is 0 Å². The second-order valence-corrected chi connectivity index (χ2v) is 5.03. The van der Waals surface area contributed by atoms with Crippen LogP contribution >= 0.6 is 0 Å². The van der Waals surface area contributed by atoms with Crippen molar-refractivity contribution in [2.45, 2.75) is 32.7 Å². The Balaban J connectivity index is 2.36. The highest BCUT2D eigenvalue weighted by atomic mass is 15.3. The summed E-state index contributed by atoms with van der Waals surface area (Å²) in [5.74, 6) is 0. The second kappa shape index (κ2) is 6.02. The zero-order chi connectivity index (χ0) is 13.8. The van der Waals surface area contributed by atoms with E-state index in [0.717, 1.165) is 6.42 Å². The first-order chi connectivity index (χ1) is 9.17. The zero-order valence-corrected chi connectivity index (χ0v) is 12.3. The molecule has 0 saturated heterocycles. The Morgan fingerprint density at radius 2 is 2.16 bits per heavy atom. The first-order valence-corrected chi connectivity index (χ1v) is 6.92. The van der Waals surface area contributed by atoms with Crippen LogP contribution in [0.5, 0.6) is 0 Å². The number of hydrogen-bond donors (Lipinski definition) is 1. The monoisotopic (exact) mass is 257 g/mol. The summed E-state index contributed by atoms with van der Waals surface area (Å²) in [7, 11) is 3.99. The Bertz CT molecular complexity index is 543. The predicted octanol–water partition coefficient (Wildman–Crippen LogP) is 2.99. The Labute approximate surface area is 115 Å². The smallest absolute Gasteiger partial charge is 0.0608 e. The highest BCUT2D eigenvalue weighted by molar-refractivity contribution is 5.35. The molecule has 3 heteroatoms. The zero-order valence-electron chi connectivity index (χ0n) is 12.3. The molecule has 1 heterocycles. The number of benzene rings is 1. The second-order valence-electron chi connectivity index (χ2n) is 5.03. The van der Waals surface area contributed by atoms with Gasteiger partial charge in [-0.25, -0.2) is 0 Å². The maximum atomic E-state index is 4.35. The highest BCUT2D eigenvalue weighted by Crippen LogP contribution is 2.25. The number of nitrogens with zero attached hydrogens (tertiary/aromatic N) is 2. The van der Waals surface area contributed by atoms with Crippen LogP contribution in [0.15, 0.2) is 30.5 Å². The number of aryl methyl sites for hydroxylation is 2. The minimum atomic E-state index is 0.213. The van der Waals surface area contributed by atoms with E-state index in [1.165, 1.54) is 28.8 Å². The maximum Gasteiger partial charge on any atom is 0.0608 e. The summed E-state index contributed by atoms with van der Waals surface area (Å²) in [5.41, 5.74) is 5.17. The van der Waals surface area contributed by atoms with E-state index in [2.05, 4.69) is 48.5 Å². The number of nitrogens with one attached hydrogen (secondary N) is 1. The summed E-state index contributed by atoms with van der Waals surface area (Å²) in [6, 6.07) is 9.06. The van der Waals surface area contributed by atoms with Crippen molar-refractivity contribution < 1.29 is 0 Å². The van der Waals surface area contributed by atoms with Gasteiger partial charge in [-0.3, -0.25) is 4.68 Å². The fourth-order valence-electron chi connectivity index (χ4n) is 2.52. The lowest BCUT2D eigenvalue weighted by Gasteiger charge is -2.17. The normalized spacial score (nSPS) is 12.6. The van der Waals surface area contributed by atoms with Crippen LogP contribution in [-0.4, -0.2) is 16.8 Å². The third-order valence-corrected chi connectivity index (χ3v) is 3.70. The Kier molecular flexibility index (Phi) is 4.38. The van der Waals surface area contributed by atoms with E-state index in [1.54, 1.807) is 0 Å². The van der Waals surface area contributed by atoms with Crippen molar-refractivity contribution in [1.82, 2.24) is 15.1 Å². The third-order valence-electron chi connectivity index (χ3n) is 3.70. The molecule has 1 atom stereocenters. The van der Waals surface area contributed by atoms with Crippen molar-refractivity contribution in [2.24, 2.45) is 7.05 Å². The summed E-state index contributed by atoms with van der Waals surface area (Å²) in [4.78, 5) is 0.